The molecule has 2 heterocycles. The van der Waals surface area contributed by atoms with E-state index in [9.17, 15) is 9.59 Å². The maximum Gasteiger partial charge on any atom is 0.258 e. The summed E-state index contributed by atoms with van der Waals surface area (Å²) in [6.07, 6.45) is 3.28. The van der Waals surface area contributed by atoms with Crippen LogP contribution in [-0.4, -0.2) is 21.8 Å². The van der Waals surface area contributed by atoms with E-state index in [2.05, 4.69) is 20.6 Å². The zero-order valence-electron chi connectivity index (χ0n) is 15.0. The summed E-state index contributed by atoms with van der Waals surface area (Å²) in [6, 6.07) is 14.0. The summed E-state index contributed by atoms with van der Waals surface area (Å²) in [5.41, 5.74) is 2.10. The van der Waals surface area contributed by atoms with Gasteiger partial charge in [0.05, 0.1) is 5.56 Å². The molecule has 0 aliphatic heterocycles. The Morgan fingerprint density at radius 3 is 2.57 bits per heavy atom. The fraction of sp³-hybridized carbons (Fsp3) is 0.100. The molecule has 142 valence electrons. The topological polar surface area (TPSA) is 84.0 Å². The number of nitrogens with one attached hydrogen (secondary N) is 2. The minimum absolute atomic E-state index is 0.178. The number of hydrogen-bond donors (Lipinski definition) is 2. The highest BCUT2D eigenvalue weighted by atomic mass is 35.5. The minimum atomic E-state index is -0.244. The first-order valence-electron chi connectivity index (χ1n) is 8.38. The number of carbonyl (C=O) groups excluding carboxylic acids is 2. The summed E-state index contributed by atoms with van der Waals surface area (Å²) in [4.78, 5) is 32.3. The highest BCUT2D eigenvalue weighted by Gasteiger charge is 2.13. The molecule has 0 spiro atoms. The van der Waals surface area contributed by atoms with E-state index in [0.717, 1.165) is 5.56 Å². The zero-order chi connectivity index (χ0) is 19.9. The van der Waals surface area contributed by atoms with Crippen molar-refractivity contribution in [2.45, 2.75) is 17.7 Å². The number of benzene rings is 1. The van der Waals surface area contributed by atoms with Crippen LogP contribution in [-0.2, 0) is 10.5 Å². The summed E-state index contributed by atoms with van der Waals surface area (Å²) in [6.45, 7) is 1.43. The summed E-state index contributed by atoms with van der Waals surface area (Å²) < 4.78 is 0. The SMILES string of the molecule is CC(=O)Nc1cc(CSc2ncccc2C(=O)Nc2ccc(Cl)cc2)ccn1. The summed E-state index contributed by atoms with van der Waals surface area (Å²) in [5.74, 6) is 0.648. The molecule has 0 aliphatic rings. The van der Waals surface area contributed by atoms with Gasteiger partial charge in [0, 0.05) is 35.8 Å². The molecule has 3 rings (SSSR count). The molecule has 0 bridgehead atoms. The minimum Gasteiger partial charge on any atom is -0.322 e. The van der Waals surface area contributed by atoms with Crippen LogP contribution < -0.4 is 10.6 Å². The number of rotatable bonds is 6. The van der Waals surface area contributed by atoms with Crippen LogP contribution in [0, 0.1) is 0 Å². The van der Waals surface area contributed by atoms with Crippen LogP contribution in [0.25, 0.3) is 0 Å². The second-order valence-corrected chi connectivity index (χ2v) is 7.24. The second kappa shape index (κ2) is 9.34. The third-order valence-corrected chi connectivity index (χ3v) is 4.95. The van der Waals surface area contributed by atoms with Crippen molar-refractivity contribution >= 4 is 46.7 Å². The van der Waals surface area contributed by atoms with Gasteiger partial charge in [-0.2, -0.15) is 0 Å². The molecule has 0 fully saturated rings. The smallest absolute Gasteiger partial charge is 0.258 e. The van der Waals surface area contributed by atoms with Crippen molar-refractivity contribution in [2.24, 2.45) is 0 Å². The number of amides is 2. The van der Waals surface area contributed by atoms with E-state index in [0.29, 0.717) is 32.9 Å². The highest BCUT2D eigenvalue weighted by molar-refractivity contribution is 7.98. The van der Waals surface area contributed by atoms with E-state index in [-0.39, 0.29) is 11.8 Å². The fourth-order valence-corrected chi connectivity index (χ4v) is 3.44. The van der Waals surface area contributed by atoms with Gasteiger partial charge in [-0.25, -0.2) is 9.97 Å². The van der Waals surface area contributed by atoms with Gasteiger partial charge in [-0.3, -0.25) is 9.59 Å². The zero-order valence-corrected chi connectivity index (χ0v) is 16.6. The van der Waals surface area contributed by atoms with Crippen LogP contribution >= 0.6 is 23.4 Å². The van der Waals surface area contributed by atoms with E-state index in [4.69, 9.17) is 11.6 Å². The molecule has 0 aliphatic carbocycles. The molecule has 2 aromatic heterocycles. The molecular formula is C20H17ClN4O2S. The summed E-state index contributed by atoms with van der Waals surface area (Å²) in [7, 11) is 0. The first-order chi connectivity index (χ1) is 13.5. The van der Waals surface area contributed by atoms with Crippen LogP contribution in [0.4, 0.5) is 11.5 Å². The van der Waals surface area contributed by atoms with Gasteiger partial charge in [0.2, 0.25) is 5.91 Å². The lowest BCUT2D eigenvalue weighted by Gasteiger charge is -2.10. The molecule has 0 atom stereocenters. The van der Waals surface area contributed by atoms with Crippen LogP contribution in [0.2, 0.25) is 5.02 Å². The Labute approximate surface area is 171 Å². The average molecular weight is 413 g/mol. The van der Waals surface area contributed by atoms with E-state index in [1.807, 2.05) is 6.07 Å². The van der Waals surface area contributed by atoms with Crippen molar-refractivity contribution in [2.75, 3.05) is 10.6 Å². The Bertz CT molecular complexity index is 996. The van der Waals surface area contributed by atoms with Crippen molar-refractivity contribution in [1.82, 2.24) is 9.97 Å². The maximum atomic E-state index is 12.7. The Balaban J connectivity index is 1.71. The van der Waals surface area contributed by atoms with Gasteiger partial charge in [-0.15, -0.1) is 11.8 Å². The lowest BCUT2D eigenvalue weighted by atomic mass is 10.2. The predicted molar refractivity (Wildman–Crippen MR) is 112 cm³/mol. The van der Waals surface area contributed by atoms with E-state index in [1.165, 1.54) is 18.7 Å². The normalized spacial score (nSPS) is 10.4. The number of nitrogens with zero attached hydrogens (tertiary/aromatic N) is 2. The summed E-state index contributed by atoms with van der Waals surface area (Å²) >= 11 is 7.31. The van der Waals surface area contributed by atoms with Gasteiger partial charge < -0.3 is 10.6 Å². The van der Waals surface area contributed by atoms with Crippen molar-refractivity contribution in [3.8, 4) is 0 Å². The Morgan fingerprint density at radius 2 is 1.82 bits per heavy atom. The average Bonchev–Trinajstić information content (AvgIpc) is 2.68. The molecule has 8 heteroatoms. The lowest BCUT2D eigenvalue weighted by molar-refractivity contribution is -0.114. The molecule has 6 nitrogen and oxygen atoms in total. The van der Waals surface area contributed by atoms with Crippen molar-refractivity contribution in [3.05, 3.63) is 77.1 Å². The van der Waals surface area contributed by atoms with Crippen LogP contribution in [0.15, 0.2) is 66.0 Å². The van der Waals surface area contributed by atoms with Gasteiger partial charge in [0.25, 0.3) is 5.91 Å². The number of pyridine rings is 2. The van der Waals surface area contributed by atoms with E-state index in [1.54, 1.807) is 54.9 Å². The standard InChI is InChI=1S/C20H17ClN4O2S/c1-13(26)24-18-11-14(8-10-22-18)12-28-20-17(3-2-9-23-20)19(27)25-16-6-4-15(21)5-7-16/h2-11H,12H2,1H3,(H,25,27)(H,22,24,26). The molecule has 0 radical (unpaired) electrons. The van der Waals surface area contributed by atoms with Crippen LogP contribution in [0.1, 0.15) is 22.8 Å². The molecule has 3 aromatic rings. The van der Waals surface area contributed by atoms with Crippen molar-refractivity contribution in [3.63, 3.8) is 0 Å². The quantitative estimate of drug-likeness (QED) is 0.576. The fourth-order valence-electron chi connectivity index (χ4n) is 2.37. The number of halogens is 1. The van der Waals surface area contributed by atoms with E-state index >= 15 is 0 Å². The number of aromatic nitrogens is 2. The van der Waals surface area contributed by atoms with Crippen molar-refractivity contribution in [1.29, 1.82) is 0 Å². The molecule has 2 N–H and O–H groups in total. The predicted octanol–water partition coefficient (Wildman–Crippen LogP) is 4.63. The number of anilines is 2. The van der Waals surface area contributed by atoms with Gasteiger partial charge in [-0.1, -0.05) is 11.6 Å². The molecule has 0 saturated carbocycles. The molecular weight excluding hydrogens is 396 g/mol. The lowest BCUT2D eigenvalue weighted by Crippen LogP contribution is -2.13. The first kappa shape index (κ1) is 19.9. The highest BCUT2D eigenvalue weighted by Crippen LogP contribution is 2.25. The van der Waals surface area contributed by atoms with Gasteiger partial charge in [0.1, 0.15) is 10.8 Å². The number of thioether (sulfide) groups is 1. The first-order valence-corrected chi connectivity index (χ1v) is 9.75. The molecule has 2 amide bonds. The third-order valence-electron chi connectivity index (χ3n) is 3.62. The molecule has 1 aromatic carbocycles. The molecule has 28 heavy (non-hydrogen) atoms. The second-order valence-electron chi connectivity index (χ2n) is 5.84. The third kappa shape index (κ3) is 5.55. The van der Waals surface area contributed by atoms with Crippen LogP contribution in [0.3, 0.4) is 0 Å². The number of hydrogen-bond acceptors (Lipinski definition) is 5. The Kier molecular flexibility index (Phi) is 6.62. The Morgan fingerprint density at radius 1 is 1.04 bits per heavy atom. The molecule has 0 unspecified atom stereocenters. The van der Waals surface area contributed by atoms with E-state index < -0.39 is 0 Å². The van der Waals surface area contributed by atoms with Crippen LogP contribution in [0.5, 0.6) is 0 Å². The maximum absolute atomic E-state index is 12.7. The van der Waals surface area contributed by atoms with Gasteiger partial charge in [0.15, 0.2) is 0 Å². The largest absolute Gasteiger partial charge is 0.322 e. The number of carbonyl (C=O) groups is 2. The summed E-state index contributed by atoms with van der Waals surface area (Å²) in [5, 5.41) is 6.72. The van der Waals surface area contributed by atoms with Gasteiger partial charge in [-0.05, 0) is 54.1 Å². The monoisotopic (exact) mass is 412 g/mol. The Hall–Kier alpha value is -2.90. The van der Waals surface area contributed by atoms with Gasteiger partial charge >= 0.3 is 0 Å². The molecule has 0 saturated heterocycles. The van der Waals surface area contributed by atoms with Crippen molar-refractivity contribution < 1.29 is 9.59 Å².